The number of carbonyl (C=O) groups is 4. The number of aliphatic hydroxyl groups is 1. The zero-order valence-corrected chi connectivity index (χ0v) is 18.6. The molecule has 1 fully saturated rings. The molecular formula is C21H27NO11. The number of anilines is 1. The number of esters is 4. The maximum Gasteiger partial charge on any atom is 0.303 e. The van der Waals surface area contributed by atoms with Crippen LogP contribution in [0.25, 0.3) is 0 Å². The minimum atomic E-state index is -1.41. The molecule has 0 saturated carbocycles. The van der Waals surface area contributed by atoms with E-state index in [9.17, 15) is 24.3 Å². The Morgan fingerprint density at radius 2 is 1.48 bits per heavy atom. The number of rotatable bonds is 8. The van der Waals surface area contributed by atoms with Crippen molar-refractivity contribution in [3.8, 4) is 5.75 Å². The van der Waals surface area contributed by atoms with Crippen LogP contribution in [-0.4, -0.2) is 66.3 Å². The first-order chi connectivity index (χ1) is 15.5. The molecule has 0 aromatic heterocycles. The summed E-state index contributed by atoms with van der Waals surface area (Å²) in [4.78, 5) is 46.8. The molecule has 1 saturated heterocycles. The number of hydrogen-bond acceptors (Lipinski definition) is 12. The fraction of sp³-hybridized carbons (Fsp3) is 0.524. The van der Waals surface area contributed by atoms with Gasteiger partial charge in [0.2, 0.25) is 12.4 Å². The largest absolute Gasteiger partial charge is 0.463 e. The number of aliphatic hydroxyl groups excluding tert-OH is 1. The SMILES string of the molecule is CC(=O)OC[C@H]1O[C@@H](Oc2cc(CO)ccc2N)[C@H](OC(C)=O)[C@@H](OC(C)=O)[C@H]1OC(C)=O. The number of benzene rings is 1. The lowest BCUT2D eigenvalue weighted by Gasteiger charge is -2.44. The van der Waals surface area contributed by atoms with E-state index < -0.39 is 54.6 Å². The van der Waals surface area contributed by atoms with E-state index in [0.717, 1.165) is 20.8 Å². The van der Waals surface area contributed by atoms with E-state index in [1.807, 2.05) is 0 Å². The Balaban J connectivity index is 2.50. The lowest BCUT2D eigenvalue weighted by molar-refractivity contribution is -0.288. The fourth-order valence-electron chi connectivity index (χ4n) is 3.19. The lowest BCUT2D eigenvalue weighted by Crippen LogP contribution is -2.63. The molecule has 0 spiro atoms. The molecule has 182 valence electrons. The third kappa shape index (κ3) is 7.32. The van der Waals surface area contributed by atoms with Gasteiger partial charge in [-0.1, -0.05) is 6.07 Å². The third-order valence-corrected chi connectivity index (χ3v) is 4.45. The Bertz CT molecular complexity index is 887. The molecule has 12 heteroatoms. The Morgan fingerprint density at radius 1 is 0.909 bits per heavy atom. The van der Waals surface area contributed by atoms with Gasteiger partial charge in [0.15, 0.2) is 12.2 Å². The molecular weight excluding hydrogens is 442 g/mol. The smallest absolute Gasteiger partial charge is 0.303 e. The highest BCUT2D eigenvalue weighted by molar-refractivity contribution is 5.68. The molecule has 12 nitrogen and oxygen atoms in total. The van der Waals surface area contributed by atoms with E-state index in [2.05, 4.69) is 0 Å². The number of nitrogens with two attached hydrogens (primary N) is 1. The van der Waals surface area contributed by atoms with Crippen molar-refractivity contribution in [1.82, 2.24) is 0 Å². The predicted molar refractivity (Wildman–Crippen MR) is 109 cm³/mol. The fourth-order valence-corrected chi connectivity index (χ4v) is 3.19. The van der Waals surface area contributed by atoms with Gasteiger partial charge in [0, 0.05) is 27.7 Å². The molecule has 0 bridgehead atoms. The Labute approximate surface area is 189 Å². The lowest BCUT2D eigenvalue weighted by atomic mass is 9.98. The monoisotopic (exact) mass is 469 g/mol. The Morgan fingerprint density at radius 3 is 2.03 bits per heavy atom. The van der Waals surface area contributed by atoms with Crippen LogP contribution in [0.3, 0.4) is 0 Å². The standard InChI is InChI=1S/C21H27NO11/c1-10(24)28-9-17-18(29-11(2)25)19(30-12(3)26)20(31-13(4)27)21(33-17)32-16-7-14(8-23)5-6-15(16)22/h5-7,17-21,23H,8-9,22H2,1-4H3/t17-,18+,19+,20-,21-/m1/s1. The Kier molecular flexibility index (Phi) is 9.00. The van der Waals surface area contributed by atoms with Crippen molar-refractivity contribution >= 4 is 29.6 Å². The molecule has 0 aliphatic carbocycles. The Hall–Kier alpha value is -3.38. The van der Waals surface area contributed by atoms with Gasteiger partial charge in [0.1, 0.15) is 18.5 Å². The zero-order valence-electron chi connectivity index (χ0n) is 18.6. The van der Waals surface area contributed by atoms with Gasteiger partial charge in [-0.3, -0.25) is 19.2 Å². The van der Waals surface area contributed by atoms with Crippen molar-refractivity contribution in [2.45, 2.75) is 65.0 Å². The third-order valence-electron chi connectivity index (χ3n) is 4.45. The number of nitrogen functional groups attached to an aromatic ring is 1. The molecule has 0 unspecified atom stereocenters. The minimum Gasteiger partial charge on any atom is -0.463 e. The predicted octanol–water partition coefficient (Wildman–Crippen LogP) is 0.223. The highest BCUT2D eigenvalue weighted by Gasteiger charge is 2.53. The van der Waals surface area contributed by atoms with Crippen LogP contribution in [0.5, 0.6) is 5.75 Å². The van der Waals surface area contributed by atoms with Crippen LogP contribution in [-0.2, 0) is 49.5 Å². The topological polar surface area (TPSA) is 170 Å². The van der Waals surface area contributed by atoms with Crippen molar-refractivity contribution < 1.29 is 52.7 Å². The summed E-state index contributed by atoms with van der Waals surface area (Å²) in [5.41, 5.74) is 6.61. The summed E-state index contributed by atoms with van der Waals surface area (Å²) >= 11 is 0. The quantitative estimate of drug-likeness (QED) is 0.302. The van der Waals surface area contributed by atoms with Crippen molar-refractivity contribution in [2.24, 2.45) is 0 Å². The summed E-state index contributed by atoms with van der Waals surface area (Å²) in [5.74, 6) is -2.81. The van der Waals surface area contributed by atoms with Gasteiger partial charge >= 0.3 is 23.9 Å². The van der Waals surface area contributed by atoms with Gasteiger partial charge in [-0.25, -0.2) is 0 Å². The van der Waals surface area contributed by atoms with Gasteiger partial charge < -0.3 is 39.3 Å². The maximum atomic E-state index is 11.8. The van der Waals surface area contributed by atoms with E-state index >= 15 is 0 Å². The van der Waals surface area contributed by atoms with Crippen LogP contribution in [0.1, 0.15) is 33.3 Å². The molecule has 3 N–H and O–H groups in total. The second-order valence-corrected chi connectivity index (χ2v) is 7.22. The van der Waals surface area contributed by atoms with E-state index in [-0.39, 0.29) is 24.7 Å². The molecule has 0 radical (unpaired) electrons. The van der Waals surface area contributed by atoms with E-state index in [1.54, 1.807) is 6.07 Å². The molecule has 5 atom stereocenters. The summed E-state index contributed by atoms with van der Waals surface area (Å²) in [7, 11) is 0. The van der Waals surface area contributed by atoms with E-state index in [4.69, 9.17) is 34.2 Å². The van der Waals surface area contributed by atoms with Crippen LogP contribution in [0.15, 0.2) is 18.2 Å². The molecule has 2 rings (SSSR count). The molecule has 1 aliphatic heterocycles. The summed E-state index contributed by atoms with van der Waals surface area (Å²) in [5, 5.41) is 9.40. The molecule has 33 heavy (non-hydrogen) atoms. The summed E-state index contributed by atoms with van der Waals surface area (Å²) < 4.78 is 32.6. The highest BCUT2D eigenvalue weighted by Crippen LogP contribution is 2.33. The molecule has 1 aromatic rings. The first-order valence-corrected chi connectivity index (χ1v) is 9.98. The molecule has 0 amide bonds. The first kappa shape index (κ1) is 25.9. The molecule has 1 heterocycles. The number of ether oxygens (including phenoxy) is 6. The number of carbonyl (C=O) groups excluding carboxylic acids is 4. The number of hydrogen-bond donors (Lipinski definition) is 2. The second kappa shape index (κ2) is 11.5. The van der Waals surface area contributed by atoms with Crippen LogP contribution >= 0.6 is 0 Å². The summed E-state index contributed by atoms with van der Waals surface area (Å²) in [6, 6.07) is 4.52. The van der Waals surface area contributed by atoms with E-state index in [1.165, 1.54) is 19.1 Å². The average Bonchev–Trinajstić information content (AvgIpc) is 2.71. The molecule has 1 aromatic carbocycles. The normalized spacial score (nSPS) is 24.3. The van der Waals surface area contributed by atoms with Gasteiger partial charge in [0.25, 0.3) is 0 Å². The minimum absolute atomic E-state index is 0.0856. The van der Waals surface area contributed by atoms with Crippen molar-refractivity contribution in [3.63, 3.8) is 0 Å². The van der Waals surface area contributed by atoms with Gasteiger partial charge in [-0.05, 0) is 17.7 Å². The highest BCUT2D eigenvalue weighted by atomic mass is 16.7. The zero-order chi connectivity index (χ0) is 24.7. The van der Waals surface area contributed by atoms with Crippen LogP contribution in [0.2, 0.25) is 0 Å². The maximum absolute atomic E-state index is 11.8. The second-order valence-electron chi connectivity index (χ2n) is 7.22. The first-order valence-electron chi connectivity index (χ1n) is 9.98. The van der Waals surface area contributed by atoms with Crippen molar-refractivity contribution in [1.29, 1.82) is 0 Å². The van der Waals surface area contributed by atoms with Crippen LogP contribution in [0, 0.1) is 0 Å². The summed E-state index contributed by atoms with van der Waals surface area (Å²) in [6.07, 6.45) is -6.61. The average molecular weight is 469 g/mol. The van der Waals surface area contributed by atoms with Crippen LogP contribution in [0.4, 0.5) is 5.69 Å². The summed E-state index contributed by atoms with van der Waals surface area (Å²) in [6.45, 7) is 3.85. The van der Waals surface area contributed by atoms with Gasteiger partial charge in [0.05, 0.1) is 12.3 Å². The van der Waals surface area contributed by atoms with Crippen LogP contribution < -0.4 is 10.5 Å². The van der Waals surface area contributed by atoms with Crippen molar-refractivity contribution in [3.05, 3.63) is 23.8 Å². The van der Waals surface area contributed by atoms with E-state index in [0.29, 0.717) is 5.56 Å². The van der Waals surface area contributed by atoms with Gasteiger partial charge in [-0.15, -0.1) is 0 Å². The van der Waals surface area contributed by atoms with Gasteiger partial charge in [-0.2, -0.15) is 0 Å². The molecule has 1 aliphatic rings. The van der Waals surface area contributed by atoms with Crippen molar-refractivity contribution in [2.75, 3.05) is 12.3 Å².